The molecule has 0 N–H and O–H groups in total. The van der Waals surface area contributed by atoms with Gasteiger partial charge in [0.05, 0.1) is 12.1 Å². The van der Waals surface area contributed by atoms with Crippen LogP contribution < -0.4 is 5.43 Å². The van der Waals surface area contributed by atoms with Gasteiger partial charge >= 0.3 is 5.97 Å². The first-order chi connectivity index (χ1) is 9.13. The number of hydrogen-bond donors (Lipinski definition) is 0. The molecule has 2 aromatic rings. The number of fused-ring (bicyclic) bond motifs is 1. The van der Waals surface area contributed by atoms with Crippen LogP contribution in [0.4, 0.5) is 0 Å². The van der Waals surface area contributed by atoms with E-state index in [2.05, 4.69) is 0 Å². The molecule has 0 aliphatic rings. The molecule has 20 heavy (non-hydrogen) atoms. The van der Waals surface area contributed by atoms with E-state index in [1.54, 1.807) is 31.2 Å². The Morgan fingerprint density at radius 1 is 1.20 bits per heavy atom. The third-order valence-electron chi connectivity index (χ3n) is 2.67. The second kappa shape index (κ2) is 6.86. The normalized spacial score (nSPS) is 9.85. The van der Waals surface area contributed by atoms with Crippen molar-refractivity contribution in [1.29, 1.82) is 0 Å². The summed E-state index contributed by atoms with van der Waals surface area (Å²) in [6.45, 7) is 1.91. The van der Waals surface area contributed by atoms with Gasteiger partial charge in [-0.3, -0.25) is 19.0 Å². The number of hydrogen-bond acceptors (Lipinski definition) is 4. The van der Waals surface area contributed by atoms with Gasteiger partial charge in [-0.2, -0.15) is 0 Å². The lowest BCUT2D eigenvalue weighted by Gasteiger charge is -2.08. The molecule has 1 aromatic carbocycles. The van der Waals surface area contributed by atoms with E-state index < -0.39 is 11.9 Å². The Bertz CT molecular complexity index is 693. The van der Waals surface area contributed by atoms with E-state index in [1.165, 1.54) is 16.8 Å². The second-order valence-electron chi connectivity index (χ2n) is 3.94. The van der Waals surface area contributed by atoms with Gasteiger partial charge in [0.15, 0.2) is 5.43 Å². The van der Waals surface area contributed by atoms with E-state index >= 15 is 0 Å². The molecule has 1 aromatic heterocycles. The fourth-order valence-corrected chi connectivity index (χ4v) is 1.84. The fraction of sp³-hybridized carbons (Fsp3) is 0.214. The highest BCUT2D eigenvalue weighted by Gasteiger charge is 2.14. The second-order valence-corrected chi connectivity index (χ2v) is 3.94. The Hall–Kier alpha value is -2.14. The molecule has 106 valence electrons. The number of nitrogens with zero attached hydrogens (tertiary/aromatic N) is 1. The zero-order valence-corrected chi connectivity index (χ0v) is 11.7. The highest BCUT2D eigenvalue weighted by atomic mass is 35.5. The summed E-state index contributed by atoms with van der Waals surface area (Å²) in [6.07, 6.45) is 1.03. The van der Waals surface area contributed by atoms with Crippen molar-refractivity contribution in [3.63, 3.8) is 0 Å². The highest BCUT2D eigenvalue weighted by Crippen LogP contribution is 2.10. The quantitative estimate of drug-likeness (QED) is 0.642. The van der Waals surface area contributed by atoms with Crippen LogP contribution in [0.2, 0.25) is 0 Å². The van der Waals surface area contributed by atoms with E-state index in [-0.39, 0.29) is 30.9 Å². The third-order valence-corrected chi connectivity index (χ3v) is 2.67. The number of rotatable bonds is 3. The molecule has 0 saturated heterocycles. The minimum Gasteiger partial charge on any atom is -0.466 e. The predicted octanol–water partition coefficient (Wildman–Crippen LogP) is 2.02. The van der Waals surface area contributed by atoms with Gasteiger partial charge in [-0.25, -0.2) is 0 Å². The first-order valence-corrected chi connectivity index (χ1v) is 5.92. The number of esters is 1. The summed E-state index contributed by atoms with van der Waals surface area (Å²) < 4.78 is 6.03. The summed E-state index contributed by atoms with van der Waals surface area (Å²) in [5, 5.41) is 0.446. The van der Waals surface area contributed by atoms with Crippen molar-refractivity contribution in [2.75, 3.05) is 6.61 Å². The van der Waals surface area contributed by atoms with Gasteiger partial charge in [-0.1, -0.05) is 12.1 Å². The van der Waals surface area contributed by atoms with Crippen LogP contribution in [-0.2, 0) is 9.53 Å². The lowest BCUT2D eigenvalue weighted by atomic mass is 10.2. The maximum atomic E-state index is 12.0. The van der Waals surface area contributed by atoms with Crippen LogP contribution >= 0.6 is 12.4 Å². The molecule has 0 spiro atoms. The Morgan fingerprint density at radius 3 is 2.60 bits per heavy atom. The number of carbonyl (C=O) groups is 2. The smallest absolute Gasteiger partial charge is 0.315 e. The number of aromatic nitrogens is 1. The predicted molar refractivity (Wildman–Crippen MR) is 77.3 cm³/mol. The molecule has 0 unspecified atom stereocenters. The van der Waals surface area contributed by atoms with Gasteiger partial charge in [0.2, 0.25) is 5.91 Å². The Morgan fingerprint density at radius 2 is 1.90 bits per heavy atom. The molecule has 0 fully saturated rings. The van der Waals surface area contributed by atoms with Crippen molar-refractivity contribution >= 4 is 35.2 Å². The average molecular weight is 296 g/mol. The first kappa shape index (κ1) is 15.9. The SMILES string of the molecule is CCOC(=O)CC(=O)n1ccc(=O)c2ccccc21.Cl. The van der Waals surface area contributed by atoms with Gasteiger partial charge in [0.25, 0.3) is 0 Å². The van der Waals surface area contributed by atoms with Crippen LogP contribution in [0.25, 0.3) is 10.9 Å². The first-order valence-electron chi connectivity index (χ1n) is 5.92. The van der Waals surface area contributed by atoms with Crippen molar-refractivity contribution in [1.82, 2.24) is 4.57 Å². The molecule has 6 heteroatoms. The number of para-hydroxylation sites is 1. The minimum atomic E-state index is -0.574. The summed E-state index contributed by atoms with van der Waals surface area (Å²) in [6, 6.07) is 8.08. The maximum Gasteiger partial charge on any atom is 0.315 e. The molecule has 0 aliphatic heterocycles. The van der Waals surface area contributed by atoms with Crippen molar-refractivity contribution in [3.8, 4) is 0 Å². The summed E-state index contributed by atoms with van der Waals surface area (Å²) in [4.78, 5) is 35.0. The summed E-state index contributed by atoms with van der Waals surface area (Å²) in [5.74, 6) is -0.995. The van der Waals surface area contributed by atoms with Crippen molar-refractivity contribution in [2.24, 2.45) is 0 Å². The van der Waals surface area contributed by atoms with E-state index in [0.29, 0.717) is 10.9 Å². The molecule has 1 heterocycles. The van der Waals surface area contributed by atoms with Crippen molar-refractivity contribution in [2.45, 2.75) is 13.3 Å². The molecule has 5 nitrogen and oxygen atoms in total. The van der Waals surface area contributed by atoms with Gasteiger partial charge in [0, 0.05) is 17.6 Å². The molecular weight excluding hydrogens is 282 g/mol. The van der Waals surface area contributed by atoms with Crippen molar-refractivity contribution < 1.29 is 14.3 Å². The minimum absolute atomic E-state index is 0. The molecule has 2 rings (SSSR count). The van der Waals surface area contributed by atoms with E-state index in [4.69, 9.17) is 4.74 Å². The summed E-state index contributed by atoms with van der Waals surface area (Å²) in [7, 11) is 0. The molecule has 0 bridgehead atoms. The lowest BCUT2D eigenvalue weighted by molar-refractivity contribution is -0.142. The molecule has 0 saturated carbocycles. The summed E-state index contributed by atoms with van der Waals surface area (Å²) in [5.41, 5.74) is 0.333. The van der Waals surface area contributed by atoms with Gasteiger partial charge in [-0.15, -0.1) is 12.4 Å². The van der Waals surface area contributed by atoms with Crippen LogP contribution in [0, 0.1) is 0 Å². The Balaban J connectivity index is 0.00000200. The van der Waals surface area contributed by atoms with Crippen LogP contribution in [0.1, 0.15) is 18.1 Å². The topological polar surface area (TPSA) is 65.4 Å². The van der Waals surface area contributed by atoms with Gasteiger partial charge in [-0.05, 0) is 19.1 Å². The zero-order valence-electron chi connectivity index (χ0n) is 10.9. The largest absolute Gasteiger partial charge is 0.466 e. The monoisotopic (exact) mass is 295 g/mol. The van der Waals surface area contributed by atoms with Crippen LogP contribution in [0.15, 0.2) is 41.3 Å². The van der Waals surface area contributed by atoms with Gasteiger partial charge in [0.1, 0.15) is 6.42 Å². The van der Waals surface area contributed by atoms with E-state index in [1.807, 2.05) is 0 Å². The van der Waals surface area contributed by atoms with Crippen LogP contribution in [0.3, 0.4) is 0 Å². The fourth-order valence-electron chi connectivity index (χ4n) is 1.84. The van der Waals surface area contributed by atoms with Crippen LogP contribution in [-0.4, -0.2) is 23.1 Å². The number of benzene rings is 1. The molecular formula is C14H14ClNO4. The van der Waals surface area contributed by atoms with Crippen molar-refractivity contribution in [3.05, 3.63) is 46.8 Å². The number of ether oxygens (including phenoxy) is 1. The molecule has 0 aliphatic carbocycles. The molecule has 0 radical (unpaired) electrons. The number of pyridine rings is 1. The standard InChI is InChI=1S/C14H13NO4.ClH/c1-2-19-14(18)9-13(17)15-8-7-12(16)10-5-3-4-6-11(10)15;/h3-8H,2,9H2,1H3;1H. The molecule has 0 amide bonds. The maximum absolute atomic E-state index is 12.0. The average Bonchev–Trinajstić information content (AvgIpc) is 2.39. The van der Waals surface area contributed by atoms with E-state index in [9.17, 15) is 14.4 Å². The third kappa shape index (κ3) is 3.24. The van der Waals surface area contributed by atoms with Crippen LogP contribution in [0.5, 0.6) is 0 Å². The Kier molecular flexibility index (Phi) is 5.46. The zero-order chi connectivity index (χ0) is 13.8. The highest BCUT2D eigenvalue weighted by molar-refractivity contribution is 5.99. The number of halogens is 1. The number of carbonyl (C=O) groups excluding carboxylic acids is 2. The van der Waals surface area contributed by atoms with Gasteiger partial charge < -0.3 is 4.74 Å². The lowest BCUT2D eigenvalue weighted by Crippen LogP contribution is -2.19. The van der Waals surface area contributed by atoms with E-state index in [0.717, 1.165) is 0 Å². The summed E-state index contributed by atoms with van der Waals surface area (Å²) >= 11 is 0. The molecule has 0 atom stereocenters. The Labute approximate surface area is 121 Å².